The van der Waals surface area contributed by atoms with Crippen molar-refractivity contribution in [1.29, 1.82) is 0 Å². The van der Waals surface area contributed by atoms with E-state index in [-0.39, 0.29) is 29.4 Å². The molecule has 0 aliphatic carbocycles. The maximum Gasteiger partial charge on any atom is 0.193 e. The molecular weight excluding hydrogens is 370 g/mol. The number of ether oxygens (including phenoxy) is 1. The third kappa shape index (κ3) is 4.50. The molecule has 1 aliphatic heterocycles. The highest BCUT2D eigenvalue weighted by molar-refractivity contribution is 6.11. The maximum absolute atomic E-state index is 12.9. The van der Waals surface area contributed by atoms with Gasteiger partial charge in [-0.2, -0.15) is 0 Å². The number of hydrogen-bond acceptors (Lipinski definition) is 6. The third-order valence-electron chi connectivity index (χ3n) is 5.04. The quantitative estimate of drug-likeness (QED) is 0.514. The second-order valence-corrected chi connectivity index (χ2v) is 7.03. The van der Waals surface area contributed by atoms with Gasteiger partial charge in [-0.15, -0.1) is 0 Å². The lowest BCUT2D eigenvalue weighted by atomic mass is 9.90. The topological polar surface area (TPSA) is 90.2 Å². The van der Waals surface area contributed by atoms with Gasteiger partial charge in [0.05, 0.1) is 13.7 Å². The van der Waals surface area contributed by atoms with Crippen LogP contribution in [0, 0.1) is 0 Å². The number of benzene rings is 2. The fourth-order valence-electron chi connectivity index (χ4n) is 3.42. The summed E-state index contributed by atoms with van der Waals surface area (Å²) in [7, 11) is 3.43. The van der Waals surface area contributed by atoms with Gasteiger partial charge in [-0.3, -0.25) is 4.79 Å². The van der Waals surface area contributed by atoms with E-state index in [0.29, 0.717) is 17.5 Å². The third-order valence-corrected chi connectivity index (χ3v) is 5.04. The van der Waals surface area contributed by atoms with Crippen LogP contribution < -0.4 is 4.74 Å². The molecule has 0 spiro atoms. The molecule has 0 saturated heterocycles. The summed E-state index contributed by atoms with van der Waals surface area (Å²) in [6, 6.07) is 8.03. The number of carbonyl (C=O) groups is 1. The van der Waals surface area contributed by atoms with Crippen LogP contribution in [-0.2, 0) is 6.61 Å². The van der Waals surface area contributed by atoms with Crippen LogP contribution in [0.15, 0.2) is 42.5 Å². The van der Waals surface area contributed by atoms with Gasteiger partial charge in [-0.25, -0.2) is 0 Å². The molecule has 0 saturated carbocycles. The summed E-state index contributed by atoms with van der Waals surface area (Å²) in [5, 5.41) is 30.2. The van der Waals surface area contributed by atoms with E-state index in [2.05, 4.69) is 4.90 Å². The number of methoxy groups -OCH3 is 1. The molecule has 0 radical (unpaired) electrons. The number of likely N-dealkylation sites (N-methyl/N-ethyl adjacent to an activating group) is 1. The minimum absolute atomic E-state index is 0.0644. The van der Waals surface area contributed by atoms with Crippen LogP contribution in [0.25, 0.3) is 11.6 Å². The van der Waals surface area contributed by atoms with Crippen LogP contribution in [0.3, 0.4) is 0 Å². The lowest BCUT2D eigenvalue weighted by Gasteiger charge is -2.25. The van der Waals surface area contributed by atoms with Crippen molar-refractivity contribution in [1.82, 2.24) is 4.90 Å². The molecule has 0 bridgehead atoms. The van der Waals surface area contributed by atoms with Crippen LogP contribution >= 0.6 is 0 Å². The monoisotopic (exact) mass is 395 g/mol. The Hall–Kier alpha value is -3.09. The minimum Gasteiger partial charge on any atom is -0.508 e. The van der Waals surface area contributed by atoms with Crippen LogP contribution in [0.2, 0.25) is 0 Å². The summed E-state index contributed by atoms with van der Waals surface area (Å²) in [6.45, 7) is 1.28. The zero-order valence-electron chi connectivity index (χ0n) is 16.6. The standard InChI is InChI=1S/C23H25NO5/c1-24-11-9-16(10-12-24)21-17(14-25)13-20(29-2)22(23(21)28)19(27)8-5-15-3-6-18(26)7-4-15/h3-9,13,25-26,28H,10-12,14H2,1-2H3/b8-5+. The Balaban J connectivity index is 2.04. The fraction of sp³-hybridized carbons (Fsp3) is 0.261. The largest absolute Gasteiger partial charge is 0.508 e. The number of nitrogens with zero attached hydrogens (tertiary/aromatic N) is 1. The van der Waals surface area contributed by atoms with Gasteiger partial charge in [-0.1, -0.05) is 24.3 Å². The Morgan fingerprint density at radius 1 is 1.24 bits per heavy atom. The Kier molecular flexibility index (Phi) is 6.36. The van der Waals surface area contributed by atoms with Crippen molar-refractivity contribution in [2.75, 3.05) is 27.2 Å². The molecule has 3 N–H and O–H groups in total. The number of phenolic OH excluding ortho intramolecular Hbond substituents is 2. The number of aliphatic hydroxyl groups is 1. The van der Waals surface area contributed by atoms with E-state index in [1.54, 1.807) is 24.3 Å². The smallest absolute Gasteiger partial charge is 0.193 e. The molecule has 0 amide bonds. The number of aliphatic hydroxyl groups excluding tert-OH is 1. The predicted octanol–water partition coefficient (Wildman–Crippen LogP) is 3.21. The number of rotatable bonds is 6. The Morgan fingerprint density at radius 2 is 1.97 bits per heavy atom. The second-order valence-electron chi connectivity index (χ2n) is 7.03. The van der Waals surface area contributed by atoms with Crippen LogP contribution in [-0.4, -0.2) is 53.2 Å². The summed E-state index contributed by atoms with van der Waals surface area (Å²) in [6.07, 6.45) is 5.68. The van der Waals surface area contributed by atoms with E-state index < -0.39 is 5.78 Å². The minimum atomic E-state index is -0.410. The highest BCUT2D eigenvalue weighted by Crippen LogP contribution is 2.40. The van der Waals surface area contributed by atoms with Crippen molar-refractivity contribution in [3.63, 3.8) is 0 Å². The zero-order chi connectivity index (χ0) is 21.0. The number of ketones is 1. The van der Waals surface area contributed by atoms with Gasteiger partial charge in [0.1, 0.15) is 22.8 Å². The normalized spacial score (nSPS) is 14.8. The lowest BCUT2D eigenvalue weighted by molar-refractivity contribution is 0.104. The molecule has 1 aliphatic rings. The van der Waals surface area contributed by atoms with Crippen LogP contribution in [0.4, 0.5) is 0 Å². The molecular formula is C23H25NO5. The molecule has 3 rings (SSSR count). The number of carbonyl (C=O) groups excluding carboxylic acids is 1. The first-order chi connectivity index (χ1) is 13.9. The lowest BCUT2D eigenvalue weighted by Crippen LogP contribution is -2.24. The van der Waals surface area contributed by atoms with Gasteiger partial charge >= 0.3 is 0 Å². The van der Waals surface area contributed by atoms with Gasteiger partial charge < -0.3 is 25.0 Å². The maximum atomic E-state index is 12.9. The molecule has 0 unspecified atom stereocenters. The summed E-state index contributed by atoms with van der Waals surface area (Å²) in [4.78, 5) is 15.1. The first-order valence-electron chi connectivity index (χ1n) is 9.37. The van der Waals surface area contributed by atoms with Crippen LogP contribution in [0.5, 0.6) is 17.2 Å². The van der Waals surface area contributed by atoms with E-state index in [0.717, 1.165) is 24.2 Å². The first kappa shape index (κ1) is 20.6. The van der Waals surface area contributed by atoms with Gasteiger partial charge in [0.15, 0.2) is 5.78 Å². The summed E-state index contributed by atoms with van der Waals surface area (Å²) >= 11 is 0. The van der Waals surface area contributed by atoms with E-state index in [1.165, 1.54) is 25.3 Å². The fourth-order valence-corrected chi connectivity index (χ4v) is 3.42. The number of aromatic hydroxyl groups is 2. The van der Waals surface area contributed by atoms with Crippen molar-refractivity contribution in [2.45, 2.75) is 13.0 Å². The Bertz CT molecular complexity index is 960. The van der Waals surface area contributed by atoms with Crippen molar-refractivity contribution in [3.8, 4) is 17.2 Å². The molecule has 6 heteroatoms. The van der Waals surface area contributed by atoms with Gasteiger partial charge in [0.2, 0.25) is 0 Å². The molecule has 0 atom stereocenters. The van der Waals surface area contributed by atoms with Crippen molar-refractivity contribution in [3.05, 3.63) is 64.7 Å². The highest BCUT2D eigenvalue weighted by Gasteiger charge is 2.25. The zero-order valence-corrected chi connectivity index (χ0v) is 16.6. The average Bonchev–Trinajstić information content (AvgIpc) is 2.73. The number of allylic oxidation sites excluding steroid dienone is 1. The molecule has 6 nitrogen and oxygen atoms in total. The van der Waals surface area contributed by atoms with Crippen LogP contribution in [0.1, 0.15) is 33.5 Å². The van der Waals surface area contributed by atoms with E-state index in [1.807, 2.05) is 13.1 Å². The molecule has 0 fully saturated rings. The molecule has 152 valence electrons. The SMILES string of the molecule is COc1cc(CO)c(C2=CCN(C)CC2)c(O)c1C(=O)/C=C/c1ccc(O)cc1. The molecule has 29 heavy (non-hydrogen) atoms. The van der Waals surface area contributed by atoms with E-state index in [9.17, 15) is 20.1 Å². The summed E-state index contributed by atoms with van der Waals surface area (Å²) in [5.74, 6) is -0.233. The second kappa shape index (κ2) is 8.94. The summed E-state index contributed by atoms with van der Waals surface area (Å²) < 4.78 is 5.33. The Labute approximate surface area is 170 Å². The van der Waals surface area contributed by atoms with E-state index >= 15 is 0 Å². The average molecular weight is 395 g/mol. The Morgan fingerprint density at radius 3 is 2.55 bits per heavy atom. The molecule has 1 heterocycles. The summed E-state index contributed by atoms with van der Waals surface area (Å²) in [5.41, 5.74) is 2.73. The predicted molar refractivity (Wildman–Crippen MR) is 112 cm³/mol. The highest BCUT2D eigenvalue weighted by atomic mass is 16.5. The van der Waals surface area contributed by atoms with Crippen molar-refractivity contribution >= 4 is 17.4 Å². The molecule has 2 aromatic carbocycles. The number of phenols is 2. The van der Waals surface area contributed by atoms with Gasteiger partial charge in [0.25, 0.3) is 0 Å². The molecule has 0 aromatic heterocycles. The number of hydrogen-bond donors (Lipinski definition) is 3. The van der Waals surface area contributed by atoms with Gasteiger partial charge in [-0.05, 0) is 54.4 Å². The van der Waals surface area contributed by atoms with E-state index in [4.69, 9.17) is 4.74 Å². The van der Waals surface area contributed by atoms with Gasteiger partial charge in [0, 0.05) is 18.7 Å². The van der Waals surface area contributed by atoms with Crippen molar-refractivity contribution < 1.29 is 24.9 Å². The first-order valence-corrected chi connectivity index (χ1v) is 9.37. The molecule has 2 aromatic rings. The van der Waals surface area contributed by atoms with Crippen molar-refractivity contribution in [2.24, 2.45) is 0 Å².